The van der Waals surface area contributed by atoms with Crippen molar-refractivity contribution in [1.82, 2.24) is 15.5 Å². The molecular weight excluding hydrogens is 286 g/mol. The number of rotatable bonds is 6. The highest BCUT2D eigenvalue weighted by Crippen LogP contribution is 2.24. The van der Waals surface area contributed by atoms with Gasteiger partial charge in [-0.1, -0.05) is 0 Å². The SMILES string of the molecule is CC(O)CCNC(=O)NCC(C)N1CCc2sccc2C1. The molecule has 1 aliphatic rings. The molecule has 0 saturated heterocycles. The van der Waals surface area contributed by atoms with Gasteiger partial charge in [-0.2, -0.15) is 0 Å². The first-order chi connectivity index (χ1) is 10.1. The van der Waals surface area contributed by atoms with E-state index in [9.17, 15) is 4.79 Å². The van der Waals surface area contributed by atoms with E-state index >= 15 is 0 Å². The molecule has 21 heavy (non-hydrogen) atoms. The Hall–Kier alpha value is -1.11. The summed E-state index contributed by atoms with van der Waals surface area (Å²) >= 11 is 1.84. The Morgan fingerprint density at radius 1 is 1.48 bits per heavy atom. The van der Waals surface area contributed by atoms with Gasteiger partial charge in [-0.05, 0) is 43.7 Å². The van der Waals surface area contributed by atoms with Crippen LogP contribution in [0.3, 0.4) is 0 Å². The van der Waals surface area contributed by atoms with E-state index in [1.54, 1.807) is 6.92 Å². The minimum Gasteiger partial charge on any atom is -0.393 e. The van der Waals surface area contributed by atoms with E-state index in [0.717, 1.165) is 19.5 Å². The lowest BCUT2D eigenvalue weighted by Gasteiger charge is -2.32. The first-order valence-electron chi connectivity index (χ1n) is 7.55. The molecule has 2 unspecified atom stereocenters. The Morgan fingerprint density at radius 3 is 3.05 bits per heavy atom. The zero-order chi connectivity index (χ0) is 15.2. The molecule has 0 radical (unpaired) electrons. The molecule has 3 N–H and O–H groups in total. The van der Waals surface area contributed by atoms with Gasteiger partial charge < -0.3 is 15.7 Å². The zero-order valence-corrected chi connectivity index (χ0v) is 13.6. The number of hydrogen-bond donors (Lipinski definition) is 3. The summed E-state index contributed by atoms with van der Waals surface area (Å²) in [5.74, 6) is 0. The number of aliphatic hydroxyl groups excluding tert-OH is 1. The van der Waals surface area contributed by atoms with Gasteiger partial charge in [-0.15, -0.1) is 11.3 Å². The minimum absolute atomic E-state index is 0.157. The second kappa shape index (κ2) is 7.77. The van der Waals surface area contributed by atoms with Crippen LogP contribution in [0.5, 0.6) is 0 Å². The quantitative estimate of drug-likeness (QED) is 0.747. The van der Waals surface area contributed by atoms with Crippen molar-refractivity contribution in [1.29, 1.82) is 0 Å². The third-order valence-electron chi connectivity index (χ3n) is 3.87. The molecule has 118 valence electrons. The predicted octanol–water partition coefficient (Wildman–Crippen LogP) is 1.56. The number of carbonyl (C=O) groups is 1. The third-order valence-corrected chi connectivity index (χ3v) is 4.89. The van der Waals surface area contributed by atoms with Crippen LogP contribution in [-0.2, 0) is 13.0 Å². The smallest absolute Gasteiger partial charge is 0.314 e. The van der Waals surface area contributed by atoms with Gasteiger partial charge in [0.05, 0.1) is 6.10 Å². The average molecular weight is 311 g/mol. The molecule has 2 heterocycles. The third kappa shape index (κ3) is 4.98. The van der Waals surface area contributed by atoms with Crippen molar-refractivity contribution >= 4 is 17.4 Å². The Balaban J connectivity index is 1.68. The lowest BCUT2D eigenvalue weighted by atomic mass is 10.1. The summed E-state index contributed by atoms with van der Waals surface area (Å²) in [5.41, 5.74) is 1.43. The number of nitrogens with one attached hydrogen (secondary N) is 2. The standard InChI is InChI=1S/C15H25N3O2S/c1-11(9-17-15(20)16-6-3-12(2)19)18-7-4-14-13(10-18)5-8-21-14/h5,8,11-12,19H,3-4,6-7,9-10H2,1-2H3,(H2,16,17,20). The van der Waals surface area contributed by atoms with Crippen LogP contribution in [0.15, 0.2) is 11.4 Å². The fourth-order valence-corrected chi connectivity index (χ4v) is 3.36. The summed E-state index contributed by atoms with van der Waals surface area (Å²) in [7, 11) is 0. The number of amides is 2. The van der Waals surface area contributed by atoms with Gasteiger partial charge in [-0.25, -0.2) is 4.79 Å². The summed E-state index contributed by atoms with van der Waals surface area (Å²) in [6, 6.07) is 2.37. The predicted molar refractivity (Wildman–Crippen MR) is 85.6 cm³/mol. The van der Waals surface area contributed by atoms with Crippen LogP contribution >= 0.6 is 11.3 Å². The monoisotopic (exact) mass is 311 g/mol. The zero-order valence-electron chi connectivity index (χ0n) is 12.8. The normalized spacial score (nSPS) is 17.9. The second-order valence-electron chi connectivity index (χ2n) is 5.71. The van der Waals surface area contributed by atoms with Gasteiger partial charge in [-0.3, -0.25) is 4.90 Å². The van der Waals surface area contributed by atoms with Gasteiger partial charge in [0.1, 0.15) is 0 Å². The Labute approximate surface area is 130 Å². The van der Waals surface area contributed by atoms with E-state index < -0.39 is 0 Å². The molecule has 0 spiro atoms. The highest BCUT2D eigenvalue weighted by atomic mass is 32.1. The average Bonchev–Trinajstić information content (AvgIpc) is 2.91. The minimum atomic E-state index is -0.377. The summed E-state index contributed by atoms with van der Waals surface area (Å²) in [4.78, 5) is 15.6. The first kappa shape index (κ1) is 16.3. The van der Waals surface area contributed by atoms with Crippen LogP contribution in [0.2, 0.25) is 0 Å². The van der Waals surface area contributed by atoms with Crippen LogP contribution in [0.4, 0.5) is 4.79 Å². The van der Waals surface area contributed by atoms with Gasteiger partial charge in [0.25, 0.3) is 0 Å². The van der Waals surface area contributed by atoms with E-state index in [0.29, 0.717) is 25.6 Å². The maximum atomic E-state index is 11.6. The fourth-order valence-electron chi connectivity index (χ4n) is 2.47. The molecule has 2 amide bonds. The van der Waals surface area contributed by atoms with Crippen molar-refractivity contribution < 1.29 is 9.90 Å². The second-order valence-corrected chi connectivity index (χ2v) is 6.71. The molecule has 2 atom stereocenters. The van der Waals surface area contributed by atoms with Crippen molar-refractivity contribution in [2.45, 2.75) is 45.4 Å². The fraction of sp³-hybridized carbons (Fsp3) is 0.667. The number of thiophene rings is 1. The molecule has 0 aromatic carbocycles. The Morgan fingerprint density at radius 2 is 2.29 bits per heavy atom. The van der Waals surface area contributed by atoms with Crippen molar-refractivity contribution in [3.63, 3.8) is 0 Å². The maximum Gasteiger partial charge on any atom is 0.314 e. The molecule has 0 aliphatic carbocycles. The number of urea groups is 1. The lowest BCUT2D eigenvalue weighted by molar-refractivity contribution is 0.179. The van der Waals surface area contributed by atoms with Crippen molar-refractivity contribution in [3.05, 3.63) is 21.9 Å². The van der Waals surface area contributed by atoms with E-state index in [-0.39, 0.29) is 12.1 Å². The van der Waals surface area contributed by atoms with Crippen LogP contribution in [0, 0.1) is 0 Å². The molecule has 2 rings (SSSR count). The van der Waals surface area contributed by atoms with E-state index in [4.69, 9.17) is 5.11 Å². The lowest BCUT2D eigenvalue weighted by Crippen LogP contribution is -2.46. The molecule has 1 aromatic rings. The first-order valence-corrected chi connectivity index (χ1v) is 8.43. The van der Waals surface area contributed by atoms with Gasteiger partial charge in [0.15, 0.2) is 0 Å². The molecule has 0 saturated carbocycles. The molecule has 6 heteroatoms. The summed E-state index contributed by atoms with van der Waals surface area (Å²) in [6.45, 7) is 7.04. The van der Waals surface area contributed by atoms with Crippen molar-refractivity contribution in [2.75, 3.05) is 19.6 Å². The Kier molecular flexibility index (Phi) is 6.02. The number of nitrogens with zero attached hydrogens (tertiary/aromatic N) is 1. The Bertz CT molecular complexity index is 462. The van der Waals surface area contributed by atoms with Crippen molar-refractivity contribution in [2.24, 2.45) is 0 Å². The highest BCUT2D eigenvalue weighted by Gasteiger charge is 2.21. The van der Waals surface area contributed by atoms with Gasteiger partial charge in [0.2, 0.25) is 0 Å². The largest absolute Gasteiger partial charge is 0.393 e. The van der Waals surface area contributed by atoms with E-state index in [1.807, 2.05) is 11.3 Å². The van der Waals surface area contributed by atoms with Gasteiger partial charge in [0, 0.05) is 37.1 Å². The maximum absolute atomic E-state index is 11.6. The summed E-state index contributed by atoms with van der Waals surface area (Å²) in [5, 5.41) is 17.0. The number of carbonyl (C=O) groups excluding carboxylic acids is 1. The van der Waals surface area contributed by atoms with E-state index in [2.05, 4.69) is 33.9 Å². The van der Waals surface area contributed by atoms with Crippen molar-refractivity contribution in [3.8, 4) is 0 Å². The van der Waals surface area contributed by atoms with Crippen LogP contribution < -0.4 is 10.6 Å². The molecule has 5 nitrogen and oxygen atoms in total. The van der Waals surface area contributed by atoms with Crippen LogP contribution in [0.25, 0.3) is 0 Å². The highest BCUT2D eigenvalue weighted by molar-refractivity contribution is 7.10. The van der Waals surface area contributed by atoms with Gasteiger partial charge >= 0.3 is 6.03 Å². The molecule has 1 aliphatic heterocycles. The van der Waals surface area contributed by atoms with Crippen LogP contribution in [0.1, 0.15) is 30.7 Å². The van der Waals surface area contributed by atoms with Crippen LogP contribution in [-0.4, -0.2) is 47.8 Å². The number of fused-ring (bicyclic) bond motifs is 1. The summed E-state index contributed by atoms with van der Waals surface area (Å²) < 4.78 is 0. The molecule has 0 bridgehead atoms. The molecule has 1 aromatic heterocycles. The summed E-state index contributed by atoms with van der Waals surface area (Å²) in [6.07, 6.45) is 1.31. The topological polar surface area (TPSA) is 64.6 Å². The van der Waals surface area contributed by atoms with E-state index in [1.165, 1.54) is 10.4 Å². The number of hydrogen-bond acceptors (Lipinski definition) is 4. The molecular formula is C15H25N3O2S. The molecule has 0 fully saturated rings. The number of aliphatic hydroxyl groups is 1.